The van der Waals surface area contributed by atoms with E-state index < -0.39 is 0 Å². The minimum Gasteiger partial charge on any atom is -0.501 e. The maximum Gasteiger partial charge on any atom is 0.161 e. The lowest BCUT2D eigenvalue weighted by Gasteiger charge is -2.12. The first kappa shape index (κ1) is 21.0. The van der Waals surface area contributed by atoms with Gasteiger partial charge in [0, 0.05) is 23.7 Å². The molecule has 7 nitrogen and oxygen atoms in total. The number of anilines is 1. The van der Waals surface area contributed by atoms with Crippen LogP contribution in [0.1, 0.15) is 19.4 Å². The number of aromatic nitrogens is 3. The molecule has 0 fully saturated rings. The third-order valence-corrected chi connectivity index (χ3v) is 4.63. The number of halogens is 1. The lowest BCUT2D eigenvalue weighted by atomic mass is 10.1. The molecule has 156 valence electrons. The van der Waals surface area contributed by atoms with Crippen LogP contribution in [0.4, 0.5) is 10.2 Å². The van der Waals surface area contributed by atoms with Gasteiger partial charge in [0.1, 0.15) is 11.6 Å². The second-order valence-corrected chi connectivity index (χ2v) is 6.59. The van der Waals surface area contributed by atoms with Gasteiger partial charge in [0.25, 0.3) is 0 Å². The summed E-state index contributed by atoms with van der Waals surface area (Å²) >= 11 is 0. The molecule has 0 saturated carbocycles. The summed E-state index contributed by atoms with van der Waals surface area (Å²) in [5.41, 5.74) is 3.25. The van der Waals surface area contributed by atoms with Gasteiger partial charge in [0.15, 0.2) is 5.65 Å². The molecule has 3 rings (SSSR count). The van der Waals surface area contributed by atoms with Crippen molar-refractivity contribution >= 4 is 17.7 Å². The van der Waals surface area contributed by atoms with Crippen molar-refractivity contribution in [3.8, 4) is 11.3 Å². The summed E-state index contributed by atoms with van der Waals surface area (Å²) in [6.07, 6.45) is 7.40. The first-order chi connectivity index (χ1) is 14.6. The summed E-state index contributed by atoms with van der Waals surface area (Å²) in [7, 11) is 1.58. The molecule has 2 heterocycles. The standard InChI is InChI=1S/C22H24FN5O2/c1-4-17-14-25-28-21(24-12-16(13-26-29)10-9-15(2)30-3)11-20(27-22(17)28)18-7-5-6-8-19(18)23/h5-11,13-14,24,29H,4,12H2,1-3H3/b15-9+,16-10-,26-13+. The molecule has 3 aromatic rings. The second kappa shape index (κ2) is 9.69. The maximum atomic E-state index is 14.4. The molecule has 0 aliphatic heterocycles. The number of nitrogens with one attached hydrogen (secondary N) is 1. The molecule has 0 bridgehead atoms. The van der Waals surface area contributed by atoms with Gasteiger partial charge in [-0.15, -0.1) is 0 Å². The molecule has 0 unspecified atom stereocenters. The van der Waals surface area contributed by atoms with Crippen molar-refractivity contribution in [2.75, 3.05) is 19.0 Å². The highest BCUT2D eigenvalue weighted by atomic mass is 19.1. The predicted molar refractivity (Wildman–Crippen MR) is 115 cm³/mol. The van der Waals surface area contributed by atoms with Crippen molar-refractivity contribution < 1.29 is 14.3 Å². The molecule has 2 N–H and O–H groups in total. The van der Waals surface area contributed by atoms with Crippen molar-refractivity contribution in [2.24, 2.45) is 5.16 Å². The second-order valence-electron chi connectivity index (χ2n) is 6.59. The first-order valence-electron chi connectivity index (χ1n) is 9.52. The fourth-order valence-corrected chi connectivity index (χ4v) is 2.90. The lowest BCUT2D eigenvalue weighted by Crippen LogP contribution is -2.11. The van der Waals surface area contributed by atoms with Crippen LogP contribution >= 0.6 is 0 Å². The Labute approximate surface area is 174 Å². The fraction of sp³-hybridized carbons (Fsp3) is 0.227. The number of hydrogen-bond donors (Lipinski definition) is 2. The molecule has 2 aromatic heterocycles. The molecule has 8 heteroatoms. The highest BCUT2D eigenvalue weighted by Crippen LogP contribution is 2.26. The van der Waals surface area contributed by atoms with Crippen molar-refractivity contribution in [1.29, 1.82) is 0 Å². The molecule has 0 aliphatic carbocycles. The third-order valence-electron chi connectivity index (χ3n) is 4.63. The number of rotatable bonds is 8. The normalized spacial score (nSPS) is 12.7. The molecule has 0 amide bonds. The predicted octanol–water partition coefficient (Wildman–Crippen LogP) is 4.45. The highest BCUT2D eigenvalue weighted by Gasteiger charge is 2.14. The average Bonchev–Trinajstić information content (AvgIpc) is 3.18. The molecule has 30 heavy (non-hydrogen) atoms. The highest BCUT2D eigenvalue weighted by molar-refractivity contribution is 5.80. The summed E-state index contributed by atoms with van der Waals surface area (Å²) in [5, 5.41) is 19.8. The number of aryl methyl sites for hydroxylation is 1. The van der Waals surface area contributed by atoms with Gasteiger partial charge in [-0.1, -0.05) is 30.3 Å². The summed E-state index contributed by atoms with van der Waals surface area (Å²) < 4.78 is 21.2. The van der Waals surface area contributed by atoms with Gasteiger partial charge >= 0.3 is 0 Å². The van der Waals surface area contributed by atoms with Crippen molar-refractivity contribution in [3.63, 3.8) is 0 Å². The molecule has 1 aromatic carbocycles. The van der Waals surface area contributed by atoms with Gasteiger partial charge in [0.05, 0.1) is 31.0 Å². The SMILES string of the molecule is CCc1cnn2c(NCC(=C/C=C(\C)OC)/C=N/O)cc(-c3ccccc3F)nc12. The molecule has 0 spiro atoms. The van der Waals surface area contributed by atoms with Crippen LogP contribution in [0.15, 0.2) is 65.2 Å². The Morgan fingerprint density at radius 1 is 1.33 bits per heavy atom. The topological polar surface area (TPSA) is 84.0 Å². The Bertz CT molecular complexity index is 1120. The number of allylic oxidation sites excluding steroid dienone is 3. The van der Waals surface area contributed by atoms with E-state index in [4.69, 9.17) is 9.94 Å². The fourth-order valence-electron chi connectivity index (χ4n) is 2.90. The van der Waals surface area contributed by atoms with Crippen LogP contribution in [0.2, 0.25) is 0 Å². The zero-order valence-electron chi connectivity index (χ0n) is 17.1. The maximum absolute atomic E-state index is 14.4. The monoisotopic (exact) mass is 409 g/mol. The molecule has 0 radical (unpaired) electrons. The number of methoxy groups -OCH3 is 1. The Balaban J connectivity index is 2.02. The number of ether oxygens (including phenoxy) is 1. The molecule has 0 atom stereocenters. The van der Waals surface area contributed by atoms with Gasteiger partial charge < -0.3 is 15.3 Å². The van der Waals surface area contributed by atoms with E-state index in [2.05, 4.69) is 20.6 Å². The Kier molecular flexibility index (Phi) is 6.79. The van der Waals surface area contributed by atoms with Crippen LogP contribution in [0.5, 0.6) is 0 Å². The third kappa shape index (κ3) is 4.65. The lowest BCUT2D eigenvalue weighted by molar-refractivity contribution is 0.294. The summed E-state index contributed by atoms with van der Waals surface area (Å²) in [6, 6.07) is 8.28. The molecular weight excluding hydrogens is 385 g/mol. The molecule has 0 aliphatic rings. The Hall–Kier alpha value is -3.68. The van der Waals surface area contributed by atoms with Crippen LogP contribution in [0, 0.1) is 5.82 Å². The van der Waals surface area contributed by atoms with Crippen LogP contribution in [0.25, 0.3) is 16.9 Å². The van der Waals surface area contributed by atoms with Crippen LogP contribution in [-0.4, -0.2) is 39.7 Å². The van der Waals surface area contributed by atoms with Gasteiger partial charge in [-0.2, -0.15) is 9.61 Å². The average molecular weight is 409 g/mol. The molecular formula is C22H24FN5O2. The number of benzene rings is 1. The van der Waals surface area contributed by atoms with Crippen LogP contribution in [-0.2, 0) is 11.2 Å². The van der Waals surface area contributed by atoms with E-state index in [1.807, 2.05) is 13.8 Å². The van der Waals surface area contributed by atoms with Gasteiger partial charge in [-0.05, 0) is 37.1 Å². The minimum absolute atomic E-state index is 0.342. The van der Waals surface area contributed by atoms with E-state index in [1.54, 1.807) is 54.2 Å². The minimum atomic E-state index is -0.342. The summed E-state index contributed by atoms with van der Waals surface area (Å²) in [6.45, 7) is 4.18. The molecule has 0 saturated heterocycles. The van der Waals surface area contributed by atoms with Crippen LogP contribution in [0.3, 0.4) is 0 Å². The summed E-state index contributed by atoms with van der Waals surface area (Å²) in [4.78, 5) is 4.65. The smallest absolute Gasteiger partial charge is 0.161 e. The van der Waals surface area contributed by atoms with E-state index in [0.29, 0.717) is 40.6 Å². The van der Waals surface area contributed by atoms with Gasteiger partial charge in [-0.25, -0.2) is 9.37 Å². The van der Waals surface area contributed by atoms with E-state index >= 15 is 0 Å². The van der Waals surface area contributed by atoms with E-state index in [-0.39, 0.29) is 5.82 Å². The first-order valence-corrected chi connectivity index (χ1v) is 9.52. The zero-order chi connectivity index (χ0) is 21.5. The van der Waals surface area contributed by atoms with E-state index in [1.165, 1.54) is 12.3 Å². The summed E-state index contributed by atoms with van der Waals surface area (Å²) in [5.74, 6) is 1.01. The Morgan fingerprint density at radius 3 is 2.83 bits per heavy atom. The van der Waals surface area contributed by atoms with E-state index in [0.717, 1.165) is 12.0 Å². The van der Waals surface area contributed by atoms with Gasteiger partial charge in [-0.3, -0.25) is 0 Å². The number of hydrogen-bond acceptors (Lipinski definition) is 6. The van der Waals surface area contributed by atoms with Crippen molar-refractivity contribution in [3.05, 3.63) is 71.4 Å². The number of nitrogens with zero attached hydrogens (tertiary/aromatic N) is 4. The zero-order valence-corrected chi connectivity index (χ0v) is 17.1. The number of oxime groups is 1. The Morgan fingerprint density at radius 2 is 2.13 bits per heavy atom. The largest absolute Gasteiger partial charge is 0.501 e. The number of fused-ring (bicyclic) bond motifs is 1. The van der Waals surface area contributed by atoms with E-state index in [9.17, 15) is 4.39 Å². The van der Waals surface area contributed by atoms with Crippen molar-refractivity contribution in [2.45, 2.75) is 20.3 Å². The van der Waals surface area contributed by atoms with Gasteiger partial charge in [0.2, 0.25) is 0 Å². The quantitative estimate of drug-likeness (QED) is 0.189. The van der Waals surface area contributed by atoms with Crippen LogP contribution < -0.4 is 5.32 Å². The van der Waals surface area contributed by atoms with Crippen molar-refractivity contribution in [1.82, 2.24) is 14.6 Å².